The van der Waals surface area contributed by atoms with Crippen LogP contribution in [0.1, 0.15) is 31.2 Å². The zero-order chi connectivity index (χ0) is 13.8. The van der Waals surface area contributed by atoms with Crippen molar-refractivity contribution in [2.75, 3.05) is 7.05 Å². The summed E-state index contributed by atoms with van der Waals surface area (Å²) in [5.74, 6) is 0.420. The van der Waals surface area contributed by atoms with Crippen molar-refractivity contribution in [2.24, 2.45) is 11.7 Å². The largest absolute Gasteiger partial charge is 0.341 e. The van der Waals surface area contributed by atoms with Gasteiger partial charge in [0.05, 0.1) is 0 Å². The van der Waals surface area contributed by atoms with Gasteiger partial charge in [-0.2, -0.15) is 0 Å². The number of nitrogens with zero attached hydrogens (tertiary/aromatic N) is 1. The Labute approximate surface area is 123 Å². The molecule has 0 atom stereocenters. The van der Waals surface area contributed by atoms with Gasteiger partial charge in [0.2, 0.25) is 5.91 Å². The molecule has 19 heavy (non-hydrogen) atoms. The van der Waals surface area contributed by atoms with Crippen LogP contribution in [-0.4, -0.2) is 23.9 Å². The molecule has 4 heteroatoms. The van der Waals surface area contributed by atoms with Crippen LogP contribution in [-0.2, 0) is 11.3 Å². The van der Waals surface area contributed by atoms with E-state index < -0.39 is 0 Å². The fourth-order valence-electron chi connectivity index (χ4n) is 2.66. The fraction of sp³-hybridized carbons (Fsp3) is 0.533. The van der Waals surface area contributed by atoms with Crippen molar-refractivity contribution in [2.45, 2.75) is 38.3 Å². The van der Waals surface area contributed by atoms with E-state index in [1.807, 2.05) is 30.1 Å². The average molecular weight is 325 g/mol. The van der Waals surface area contributed by atoms with Crippen LogP contribution in [0.25, 0.3) is 0 Å². The Morgan fingerprint density at radius 3 is 2.68 bits per heavy atom. The Morgan fingerprint density at radius 1 is 1.37 bits per heavy atom. The maximum Gasteiger partial charge on any atom is 0.225 e. The molecule has 0 radical (unpaired) electrons. The smallest absolute Gasteiger partial charge is 0.225 e. The lowest BCUT2D eigenvalue weighted by Crippen LogP contribution is -2.37. The van der Waals surface area contributed by atoms with Crippen molar-refractivity contribution in [1.82, 2.24) is 4.90 Å². The molecule has 0 aliphatic heterocycles. The number of nitrogens with two attached hydrogens (primary N) is 1. The molecular weight excluding hydrogens is 304 g/mol. The molecule has 1 amide bonds. The van der Waals surface area contributed by atoms with Gasteiger partial charge in [0.25, 0.3) is 0 Å². The van der Waals surface area contributed by atoms with Crippen molar-refractivity contribution >= 4 is 21.8 Å². The molecule has 1 aliphatic rings. The Kier molecular flexibility index (Phi) is 4.99. The van der Waals surface area contributed by atoms with Crippen LogP contribution >= 0.6 is 15.9 Å². The highest BCUT2D eigenvalue weighted by Gasteiger charge is 2.26. The van der Waals surface area contributed by atoms with Gasteiger partial charge in [-0.15, -0.1) is 0 Å². The normalized spacial score (nSPS) is 23.1. The summed E-state index contributed by atoms with van der Waals surface area (Å²) in [6.07, 6.45) is 3.81. The number of rotatable bonds is 3. The number of carbonyl (C=O) groups excluding carboxylic acids is 1. The van der Waals surface area contributed by atoms with Gasteiger partial charge in [-0.3, -0.25) is 4.79 Å². The Morgan fingerprint density at radius 2 is 2.05 bits per heavy atom. The van der Waals surface area contributed by atoms with E-state index in [9.17, 15) is 4.79 Å². The van der Waals surface area contributed by atoms with Crippen molar-refractivity contribution < 1.29 is 4.79 Å². The molecule has 0 bridgehead atoms. The molecule has 0 unspecified atom stereocenters. The van der Waals surface area contributed by atoms with E-state index in [4.69, 9.17) is 5.73 Å². The second kappa shape index (κ2) is 6.53. The number of halogens is 1. The van der Waals surface area contributed by atoms with Crippen LogP contribution < -0.4 is 5.73 Å². The predicted molar refractivity (Wildman–Crippen MR) is 80.5 cm³/mol. The summed E-state index contributed by atoms with van der Waals surface area (Å²) in [5.41, 5.74) is 7.03. The minimum absolute atomic E-state index is 0.164. The molecule has 3 nitrogen and oxygen atoms in total. The van der Waals surface area contributed by atoms with E-state index in [2.05, 4.69) is 22.0 Å². The van der Waals surface area contributed by atoms with E-state index in [0.717, 1.165) is 35.7 Å². The van der Waals surface area contributed by atoms with E-state index in [1.165, 1.54) is 0 Å². The summed E-state index contributed by atoms with van der Waals surface area (Å²) < 4.78 is 1.05. The van der Waals surface area contributed by atoms with Crippen LogP contribution in [0.3, 0.4) is 0 Å². The zero-order valence-corrected chi connectivity index (χ0v) is 12.9. The highest BCUT2D eigenvalue weighted by Crippen LogP contribution is 2.25. The number of benzene rings is 1. The van der Waals surface area contributed by atoms with Gasteiger partial charge in [0, 0.05) is 30.0 Å². The lowest BCUT2D eigenvalue weighted by atomic mass is 9.85. The van der Waals surface area contributed by atoms with Crippen molar-refractivity contribution in [3.63, 3.8) is 0 Å². The maximum atomic E-state index is 12.4. The van der Waals surface area contributed by atoms with Crippen LogP contribution in [0.4, 0.5) is 0 Å². The summed E-state index contributed by atoms with van der Waals surface area (Å²) >= 11 is 3.45. The summed E-state index contributed by atoms with van der Waals surface area (Å²) in [6, 6.07) is 8.39. The molecule has 1 saturated carbocycles. The molecular formula is C15H21BrN2O. The van der Waals surface area contributed by atoms with E-state index in [1.54, 1.807) is 0 Å². The number of amides is 1. The molecule has 1 fully saturated rings. The van der Waals surface area contributed by atoms with Gasteiger partial charge in [-0.05, 0) is 43.4 Å². The second-order valence-corrected chi connectivity index (χ2v) is 6.35. The molecule has 1 aromatic rings. The molecule has 1 aliphatic carbocycles. The van der Waals surface area contributed by atoms with Crippen LogP contribution in [0, 0.1) is 5.92 Å². The maximum absolute atomic E-state index is 12.4. The topological polar surface area (TPSA) is 46.3 Å². The zero-order valence-electron chi connectivity index (χ0n) is 11.3. The summed E-state index contributed by atoms with van der Waals surface area (Å²) in [4.78, 5) is 14.2. The van der Waals surface area contributed by atoms with Gasteiger partial charge in [0.1, 0.15) is 0 Å². The van der Waals surface area contributed by atoms with Gasteiger partial charge in [-0.1, -0.05) is 28.1 Å². The highest BCUT2D eigenvalue weighted by atomic mass is 79.9. The van der Waals surface area contributed by atoms with Gasteiger partial charge in [0.15, 0.2) is 0 Å². The van der Waals surface area contributed by atoms with E-state index in [0.29, 0.717) is 12.6 Å². The van der Waals surface area contributed by atoms with Crippen LogP contribution in [0.5, 0.6) is 0 Å². The third-order valence-electron chi connectivity index (χ3n) is 3.81. The minimum Gasteiger partial charge on any atom is -0.341 e. The SMILES string of the molecule is CN(Cc1cccc(Br)c1)C(=O)C1CCC(N)CC1. The average Bonchev–Trinajstić information content (AvgIpc) is 2.39. The van der Waals surface area contributed by atoms with E-state index >= 15 is 0 Å². The van der Waals surface area contributed by atoms with Gasteiger partial charge < -0.3 is 10.6 Å². The lowest BCUT2D eigenvalue weighted by molar-refractivity contribution is -0.135. The Balaban J connectivity index is 1.92. The Hall–Kier alpha value is -0.870. The van der Waals surface area contributed by atoms with Crippen molar-refractivity contribution in [3.8, 4) is 0 Å². The van der Waals surface area contributed by atoms with Crippen LogP contribution in [0.15, 0.2) is 28.7 Å². The van der Waals surface area contributed by atoms with Crippen molar-refractivity contribution in [1.29, 1.82) is 0 Å². The molecule has 2 N–H and O–H groups in total. The molecule has 2 rings (SSSR count). The molecule has 0 saturated heterocycles. The number of carbonyl (C=O) groups is 1. The molecule has 0 aromatic heterocycles. The summed E-state index contributed by atoms with van der Waals surface area (Å²) in [5, 5.41) is 0. The van der Waals surface area contributed by atoms with Crippen LogP contribution in [0.2, 0.25) is 0 Å². The molecule has 0 spiro atoms. The first-order valence-corrected chi connectivity index (χ1v) is 7.60. The number of hydrogen-bond acceptors (Lipinski definition) is 2. The molecule has 1 aromatic carbocycles. The summed E-state index contributed by atoms with van der Waals surface area (Å²) in [6.45, 7) is 0.667. The molecule has 104 valence electrons. The predicted octanol–water partition coefficient (Wildman–Crippen LogP) is 2.93. The third-order valence-corrected chi connectivity index (χ3v) is 4.30. The van der Waals surface area contributed by atoms with Gasteiger partial charge >= 0.3 is 0 Å². The second-order valence-electron chi connectivity index (χ2n) is 5.44. The third kappa shape index (κ3) is 4.05. The van der Waals surface area contributed by atoms with E-state index in [-0.39, 0.29) is 11.8 Å². The number of hydrogen-bond donors (Lipinski definition) is 1. The van der Waals surface area contributed by atoms with Crippen molar-refractivity contribution in [3.05, 3.63) is 34.3 Å². The molecule has 0 heterocycles. The van der Waals surface area contributed by atoms with Gasteiger partial charge in [-0.25, -0.2) is 0 Å². The standard InChI is InChI=1S/C15H21BrN2O/c1-18(10-11-3-2-4-13(16)9-11)15(19)12-5-7-14(17)8-6-12/h2-4,9,12,14H,5-8,10,17H2,1H3. The monoisotopic (exact) mass is 324 g/mol. The first kappa shape index (κ1) is 14.5. The Bertz CT molecular complexity index is 442. The lowest BCUT2D eigenvalue weighted by Gasteiger charge is -2.29. The fourth-order valence-corrected chi connectivity index (χ4v) is 3.11. The first-order chi connectivity index (χ1) is 9.06. The first-order valence-electron chi connectivity index (χ1n) is 6.81. The quantitative estimate of drug-likeness (QED) is 0.929. The minimum atomic E-state index is 0.164. The summed E-state index contributed by atoms with van der Waals surface area (Å²) in [7, 11) is 1.89. The highest BCUT2D eigenvalue weighted by molar-refractivity contribution is 9.10.